The summed E-state index contributed by atoms with van der Waals surface area (Å²) in [5.74, 6) is 1.07. The van der Waals surface area contributed by atoms with Crippen LogP contribution in [0.15, 0.2) is 48.5 Å². The van der Waals surface area contributed by atoms with E-state index in [4.69, 9.17) is 16.3 Å². The normalized spacial score (nSPS) is 10.6. The lowest BCUT2D eigenvalue weighted by Crippen LogP contribution is -2.24. The third-order valence-corrected chi connectivity index (χ3v) is 4.15. The van der Waals surface area contributed by atoms with E-state index in [1.165, 1.54) is 0 Å². The summed E-state index contributed by atoms with van der Waals surface area (Å²) < 4.78 is 7.16. The van der Waals surface area contributed by atoms with Crippen molar-refractivity contribution >= 4 is 17.5 Å². The van der Waals surface area contributed by atoms with E-state index in [-0.39, 0.29) is 12.5 Å². The van der Waals surface area contributed by atoms with E-state index in [1.54, 1.807) is 53.2 Å². The number of aromatic nitrogens is 4. The van der Waals surface area contributed by atoms with Gasteiger partial charge in [0.1, 0.15) is 5.75 Å². The first kappa shape index (κ1) is 18.8. The summed E-state index contributed by atoms with van der Waals surface area (Å²) in [6, 6.07) is 14.2. The lowest BCUT2D eigenvalue weighted by Gasteiger charge is -2.08. The van der Waals surface area contributed by atoms with Crippen LogP contribution in [0.5, 0.6) is 5.75 Å². The molecule has 0 saturated carbocycles. The SMILES string of the molecule is CCCCOc1ccc(C(=O)NCc2nnnn2-c2ccc(Cl)cc2)cc1. The van der Waals surface area contributed by atoms with Crippen LogP contribution >= 0.6 is 11.6 Å². The van der Waals surface area contributed by atoms with Gasteiger partial charge in [-0.05, 0) is 65.4 Å². The monoisotopic (exact) mass is 385 g/mol. The Morgan fingerprint density at radius 3 is 2.59 bits per heavy atom. The number of nitrogens with zero attached hydrogens (tertiary/aromatic N) is 4. The molecule has 3 aromatic rings. The van der Waals surface area contributed by atoms with Crippen LogP contribution in [-0.2, 0) is 6.54 Å². The molecule has 0 spiro atoms. The second kappa shape index (κ2) is 9.14. The van der Waals surface area contributed by atoms with Gasteiger partial charge in [-0.15, -0.1) is 5.10 Å². The van der Waals surface area contributed by atoms with Gasteiger partial charge in [-0.25, -0.2) is 0 Å². The zero-order valence-corrected chi connectivity index (χ0v) is 15.7. The Morgan fingerprint density at radius 2 is 1.89 bits per heavy atom. The molecule has 0 unspecified atom stereocenters. The van der Waals surface area contributed by atoms with E-state index >= 15 is 0 Å². The molecule has 7 nitrogen and oxygen atoms in total. The third kappa shape index (κ3) is 5.04. The highest BCUT2D eigenvalue weighted by molar-refractivity contribution is 6.30. The van der Waals surface area contributed by atoms with Crippen LogP contribution < -0.4 is 10.1 Å². The molecule has 140 valence electrons. The van der Waals surface area contributed by atoms with Crippen LogP contribution in [-0.4, -0.2) is 32.7 Å². The predicted octanol–water partition coefficient (Wildman–Crippen LogP) is 3.42. The van der Waals surface area contributed by atoms with Crippen LogP contribution in [0.2, 0.25) is 5.02 Å². The topological polar surface area (TPSA) is 81.9 Å². The third-order valence-electron chi connectivity index (χ3n) is 3.90. The molecule has 0 radical (unpaired) electrons. The van der Waals surface area contributed by atoms with Crippen molar-refractivity contribution < 1.29 is 9.53 Å². The lowest BCUT2D eigenvalue weighted by atomic mass is 10.2. The van der Waals surface area contributed by atoms with Crippen molar-refractivity contribution in [2.24, 2.45) is 0 Å². The molecule has 0 atom stereocenters. The molecule has 2 aromatic carbocycles. The predicted molar refractivity (Wildman–Crippen MR) is 102 cm³/mol. The molecule has 3 rings (SSSR count). The maximum atomic E-state index is 12.4. The summed E-state index contributed by atoms with van der Waals surface area (Å²) in [6.45, 7) is 2.98. The largest absolute Gasteiger partial charge is 0.494 e. The molecule has 1 aromatic heterocycles. The molecule has 0 bridgehead atoms. The van der Waals surface area contributed by atoms with Crippen molar-refractivity contribution in [2.75, 3.05) is 6.61 Å². The Hall–Kier alpha value is -2.93. The first-order valence-corrected chi connectivity index (χ1v) is 9.09. The van der Waals surface area contributed by atoms with E-state index < -0.39 is 0 Å². The summed E-state index contributed by atoms with van der Waals surface area (Å²) >= 11 is 5.90. The summed E-state index contributed by atoms with van der Waals surface area (Å²) in [6.07, 6.45) is 2.08. The molecule has 0 fully saturated rings. The number of carbonyl (C=O) groups is 1. The summed E-state index contributed by atoms with van der Waals surface area (Å²) in [4.78, 5) is 12.4. The minimum absolute atomic E-state index is 0.198. The number of unbranched alkanes of at least 4 members (excludes halogenated alkanes) is 1. The van der Waals surface area contributed by atoms with Crippen molar-refractivity contribution in [1.29, 1.82) is 0 Å². The molecule has 1 N–H and O–H groups in total. The van der Waals surface area contributed by atoms with E-state index in [0.717, 1.165) is 24.3 Å². The van der Waals surface area contributed by atoms with Gasteiger partial charge in [0.2, 0.25) is 0 Å². The first-order valence-electron chi connectivity index (χ1n) is 8.71. The Morgan fingerprint density at radius 1 is 1.15 bits per heavy atom. The second-order valence-electron chi connectivity index (χ2n) is 5.89. The highest BCUT2D eigenvalue weighted by atomic mass is 35.5. The van der Waals surface area contributed by atoms with Crippen molar-refractivity contribution in [1.82, 2.24) is 25.5 Å². The van der Waals surface area contributed by atoms with Gasteiger partial charge in [-0.2, -0.15) is 4.68 Å². The minimum Gasteiger partial charge on any atom is -0.494 e. The van der Waals surface area contributed by atoms with Gasteiger partial charge in [0, 0.05) is 10.6 Å². The number of hydrogen-bond donors (Lipinski definition) is 1. The van der Waals surface area contributed by atoms with E-state index in [0.29, 0.717) is 23.0 Å². The van der Waals surface area contributed by atoms with Crippen LogP contribution in [0.4, 0.5) is 0 Å². The Bertz CT molecular complexity index is 878. The number of hydrogen-bond acceptors (Lipinski definition) is 5. The average molecular weight is 386 g/mol. The maximum Gasteiger partial charge on any atom is 0.251 e. The number of nitrogens with one attached hydrogen (secondary N) is 1. The van der Waals surface area contributed by atoms with Crippen LogP contribution in [0.3, 0.4) is 0 Å². The molecule has 1 heterocycles. The maximum absolute atomic E-state index is 12.4. The van der Waals surface area contributed by atoms with Gasteiger partial charge >= 0.3 is 0 Å². The smallest absolute Gasteiger partial charge is 0.251 e. The number of tetrazole rings is 1. The molecule has 1 amide bonds. The van der Waals surface area contributed by atoms with Crippen molar-refractivity contribution in [3.05, 3.63) is 64.9 Å². The summed E-state index contributed by atoms with van der Waals surface area (Å²) in [5.41, 5.74) is 1.31. The lowest BCUT2D eigenvalue weighted by molar-refractivity contribution is 0.0949. The molecule has 0 aliphatic carbocycles. The van der Waals surface area contributed by atoms with Crippen LogP contribution in [0, 0.1) is 0 Å². The minimum atomic E-state index is -0.208. The average Bonchev–Trinajstić information content (AvgIpc) is 3.16. The van der Waals surface area contributed by atoms with Crippen LogP contribution in [0.25, 0.3) is 5.69 Å². The Kier molecular flexibility index (Phi) is 6.38. The number of ether oxygens (including phenoxy) is 1. The molecular weight excluding hydrogens is 366 g/mol. The molecule has 8 heteroatoms. The van der Waals surface area contributed by atoms with E-state index in [1.807, 2.05) is 0 Å². The van der Waals surface area contributed by atoms with Gasteiger partial charge in [-0.1, -0.05) is 24.9 Å². The van der Waals surface area contributed by atoms with E-state index in [2.05, 4.69) is 27.8 Å². The van der Waals surface area contributed by atoms with E-state index in [9.17, 15) is 4.79 Å². The molecule has 0 aliphatic heterocycles. The van der Waals surface area contributed by atoms with Gasteiger partial charge in [0.05, 0.1) is 18.8 Å². The molecule has 27 heavy (non-hydrogen) atoms. The number of carbonyl (C=O) groups excluding carboxylic acids is 1. The standard InChI is InChI=1S/C19H20ClN5O2/c1-2-3-12-27-17-10-4-14(5-11-17)19(26)21-13-18-22-23-24-25(18)16-8-6-15(20)7-9-16/h4-11H,2-3,12-13H2,1H3,(H,21,26). The summed E-state index contributed by atoms with van der Waals surface area (Å²) in [7, 11) is 0. The van der Waals surface area contributed by atoms with Gasteiger partial charge in [0.25, 0.3) is 5.91 Å². The van der Waals surface area contributed by atoms with Gasteiger partial charge < -0.3 is 10.1 Å². The first-order chi connectivity index (χ1) is 13.2. The Labute approximate surface area is 162 Å². The van der Waals surface area contributed by atoms with Gasteiger partial charge in [-0.3, -0.25) is 4.79 Å². The highest BCUT2D eigenvalue weighted by Gasteiger charge is 2.11. The van der Waals surface area contributed by atoms with Gasteiger partial charge in [0.15, 0.2) is 5.82 Å². The molecular formula is C19H20ClN5O2. The van der Waals surface area contributed by atoms with Crippen molar-refractivity contribution in [3.8, 4) is 11.4 Å². The number of halogens is 1. The molecule has 0 saturated heterocycles. The number of amides is 1. The fourth-order valence-electron chi connectivity index (χ4n) is 2.40. The summed E-state index contributed by atoms with van der Waals surface area (Å²) in [5, 5.41) is 15.1. The Balaban J connectivity index is 1.60. The van der Waals surface area contributed by atoms with Crippen molar-refractivity contribution in [3.63, 3.8) is 0 Å². The molecule has 0 aliphatic rings. The number of benzene rings is 2. The van der Waals surface area contributed by atoms with Crippen LogP contribution in [0.1, 0.15) is 35.9 Å². The second-order valence-corrected chi connectivity index (χ2v) is 6.33. The zero-order valence-electron chi connectivity index (χ0n) is 14.9. The van der Waals surface area contributed by atoms with Crippen molar-refractivity contribution in [2.45, 2.75) is 26.3 Å². The fourth-order valence-corrected chi connectivity index (χ4v) is 2.52. The zero-order chi connectivity index (χ0) is 19.1. The highest BCUT2D eigenvalue weighted by Crippen LogP contribution is 2.14. The number of rotatable bonds is 8. The quantitative estimate of drug-likeness (QED) is 0.601. The fraction of sp³-hybridized carbons (Fsp3) is 0.263.